The second kappa shape index (κ2) is 4.58. The fraction of sp³-hybridized carbons (Fsp3) is 0.889. The molecule has 0 bridgehead atoms. The van der Waals surface area contributed by atoms with Crippen molar-refractivity contribution in [2.75, 3.05) is 20.2 Å². The van der Waals surface area contributed by atoms with E-state index in [1.54, 1.807) is 7.11 Å². The summed E-state index contributed by atoms with van der Waals surface area (Å²) in [4.78, 5) is 11.4. The predicted octanol–water partition coefficient (Wildman–Crippen LogP) is -0.255. The van der Waals surface area contributed by atoms with Gasteiger partial charge in [-0.05, 0) is 0 Å². The summed E-state index contributed by atoms with van der Waals surface area (Å²) >= 11 is 0. The van der Waals surface area contributed by atoms with Crippen molar-refractivity contribution in [2.45, 2.75) is 26.0 Å². The van der Waals surface area contributed by atoms with E-state index in [0.29, 0.717) is 0 Å². The number of carbonyl (C=O) groups is 1. The van der Waals surface area contributed by atoms with Crippen molar-refractivity contribution < 1.29 is 9.53 Å². The van der Waals surface area contributed by atoms with Crippen molar-refractivity contribution in [3.63, 3.8) is 0 Å². The minimum absolute atomic E-state index is 0.0399. The van der Waals surface area contributed by atoms with Crippen LogP contribution in [0.2, 0.25) is 0 Å². The number of carbonyl (C=O) groups excluding carboxylic acids is 1. The highest BCUT2D eigenvalue weighted by atomic mass is 16.5. The van der Waals surface area contributed by atoms with Gasteiger partial charge < -0.3 is 15.4 Å². The van der Waals surface area contributed by atoms with Crippen LogP contribution in [0.1, 0.15) is 13.8 Å². The number of amides is 1. The van der Waals surface area contributed by atoms with E-state index in [1.165, 1.54) is 0 Å². The van der Waals surface area contributed by atoms with Crippen LogP contribution in [0.3, 0.4) is 0 Å². The van der Waals surface area contributed by atoms with Crippen molar-refractivity contribution in [2.24, 2.45) is 5.92 Å². The third-order valence-electron chi connectivity index (χ3n) is 2.31. The van der Waals surface area contributed by atoms with Crippen molar-refractivity contribution >= 4 is 5.91 Å². The third-order valence-corrected chi connectivity index (χ3v) is 2.31. The molecule has 4 nitrogen and oxygen atoms in total. The van der Waals surface area contributed by atoms with Crippen LogP contribution in [0.15, 0.2) is 0 Å². The van der Waals surface area contributed by atoms with E-state index in [2.05, 4.69) is 10.6 Å². The molecule has 0 aliphatic carbocycles. The molecule has 1 saturated heterocycles. The van der Waals surface area contributed by atoms with Gasteiger partial charge in [0.2, 0.25) is 5.91 Å². The van der Waals surface area contributed by atoms with Gasteiger partial charge in [0.1, 0.15) is 0 Å². The number of hydrogen-bond donors (Lipinski definition) is 2. The fourth-order valence-electron chi connectivity index (χ4n) is 1.40. The predicted molar refractivity (Wildman–Crippen MR) is 50.4 cm³/mol. The Morgan fingerprint density at radius 3 is 2.77 bits per heavy atom. The molecule has 0 aromatic carbocycles. The third kappa shape index (κ3) is 2.67. The van der Waals surface area contributed by atoms with Crippen molar-refractivity contribution in [3.8, 4) is 0 Å². The maximum absolute atomic E-state index is 11.4. The van der Waals surface area contributed by atoms with Gasteiger partial charge in [-0.1, -0.05) is 13.8 Å². The summed E-state index contributed by atoms with van der Waals surface area (Å²) in [5.41, 5.74) is 0. The first-order chi connectivity index (χ1) is 6.15. The lowest BCUT2D eigenvalue weighted by Crippen LogP contribution is -2.45. The first-order valence-corrected chi connectivity index (χ1v) is 4.69. The zero-order valence-corrected chi connectivity index (χ0v) is 8.46. The van der Waals surface area contributed by atoms with Crippen LogP contribution in [-0.4, -0.2) is 38.3 Å². The minimum Gasteiger partial charge on any atom is -0.378 e. The summed E-state index contributed by atoms with van der Waals surface area (Å²) in [6, 6.07) is 0.125. The van der Waals surface area contributed by atoms with Gasteiger partial charge in [0, 0.05) is 26.1 Å². The largest absolute Gasteiger partial charge is 0.378 e. The van der Waals surface area contributed by atoms with Gasteiger partial charge in [-0.2, -0.15) is 0 Å². The Hall–Kier alpha value is -0.610. The average Bonchev–Trinajstić information content (AvgIpc) is 2.51. The monoisotopic (exact) mass is 186 g/mol. The summed E-state index contributed by atoms with van der Waals surface area (Å²) in [7, 11) is 1.67. The Morgan fingerprint density at radius 1 is 1.54 bits per heavy atom. The van der Waals surface area contributed by atoms with E-state index in [4.69, 9.17) is 4.74 Å². The van der Waals surface area contributed by atoms with E-state index in [1.807, 2.05) is 13.8 Å². The SMILES string of the molecule is CO[C@H]1CNCC1NC(=O)C(C)C. The molecule has 13 heavy (non-hydrogen) atoms. The van der Waals surface area contributed by atoms with Gasteiger partial charge in [-0.15, -0.1) is 0 Å². The van der Waals surface area contributed by atoms with Gasteiger partial charge in [0.25, 0.3) is 0 Å². The molecule has 1 unspecified atom stereocenters. The summed E-state index contributed by atoms with van der Waals surface area (Å²) in [5, 5.41) is 6.13. The first-order valence-electron chi connectivity index (χ1n) is 4.69. The number of nitrogens with one attached hydrogen (secondary N) is 2. The van der Waals surface area contributed by atoms with Crippen LogP contribution >= 0.6 is 0 Å². The van der Waals surface area contributed by atoms with Crippen molar-refractivity contribution in [3.05, 3.63) is 0 Å². The van der Waals surface area contributed by atoms with Gasteiger partial charge >= 0.3 is 0 Å². The van der Waals surface area contributed by atoms with Crippen molar-refractivity contribution in [1.29, 1.82) is 0 Å². The van der Waals surface area contributed by atoms with Gasteiger partial charge in [0.05, 0.1) is 12.1 Å². The molecular formula is C9H18N2O2. The van der Waals surface area contributed by atoms with Crippen LogP contribution in [0.25, 0.3) is 0 Å². The quantitative estimate of drug-likeness (QED) is 0.639. The Morgan fingerprint density at radius 2 is 2.23 bits per heavy atom. The molecule has 1 fully saturated rings. The van der Waals surface area contributed by atoms with Crippen LogP contribution in [-0.2, 0) is 9.53 Å². The molecule has 4 heteroatoms. The highest BCUT2D eigenvalue weighted by Gasteiger charge is 2.28. The van der Waals surface area contributed by atoms with Gasteiger partial charge in [-0.25, -0.2) is 0 Å². The highest BCUT2D eigenvalue weighted by molar-refractivity contribution is 5.78. The zero-order valence-electron chi connectivity index (χ0n) is 8.46. The Bertz CT molecular complexity index is 182. The van der Waals surface area contributed by atoms with Crippen LogP contribution in [0, 0.1) is 5.92 Å². The lowest BCUT2D eigenvalue weighted by molar-refractivity contribution is -0.125. The molecule has 2 N–H and O–H groups in total. The standard InChI is InChI=1S/C9H18N2O2/c1-6(2)9(12)11-7-4-10-5-8(7)13-3/h6-8,10H,4-5H2,1-3H3,(H,11,12)/t7?,8-/m0/s1. The lowest BCUT2D eigenvalue weighted by Gasteiger charge is -2.19. The van der Waals surface area contributed by atoms with Crippen LogP contribution in [0.4, 0.5) is 0 Å². The maximum atomic E-state index is 11.4. The van der Waals surface area contributed by atoms with E-state index >= 15 is 0 Å². The molecule has 0 spiro atoms. The summed E-state index contributed by atoms with van der Waals surface area (Å²) < 4.78 is 5.23. The summed E-state index contributed by atoms with van der Waals surface area (Å²) in [6.45, 7) is 5.40. The second-order valence-corrected chi connectivity index (χ2v) is 3.70. The molecule has 2 atom stereocenters. The summed E-state index contributed by atoms with van der Waals surface area (Å²) in [6.07, 6.45) is 0.114. The van der Waals surface area contributed by atoms with E-state index in [9.17, 15) is 4.79 Å². The minimum atomic E-state index is 0.0399. The number of hydrogen-bond acceptors (Lipinski definition) is 3. The Labute approximate surface area is 79.0 Å². The number of rotatable bonds is 3. The zero-order chi connectivity index (χ0) is 9.84. The van der Waals surface area contributed by atoms with Crippen LogP contribution < -0.4 is 10.6 Å². The molecule has 76 valence electrons. The number of ether oxygens (including phenoxy) is 1. The molecule has 1 heterocycles. The van der Waals surface area contributed by atoms with Crippen LogP contribution in [0.5, 0.6) is 0 Å². The van der Waals surface area contributed by atoms with E-state index < -0.39 is 0 Å². The molecular weight excluding hydrogens is 168 g/mol. The molecule has 0 aromatic rings. The topological polar surface area (TPSA) is 50.4 Å². The molecule has 1 rings (SSSR count). The first kappa shape index (κ1) is 10.5. The maximum Gasteiger partial charge on any atom is 0.222 e. The van der Waals surface area contributed by atoms with E-state index in [0.717, 1.165) is 13.1 Å². The Kier molecular flexibility index (Phi) is 3.69. The normalized spacial score (nSPS) is 28.0. The molecule has 1 amide bonds. The van der Waals surface area contributed by atoms with E-state index in [-0.39, 0.29) is 24.0 Å². The second-order valence-electron chi connectivity index (χ2n) is 3.70. The smallest absolute Gasteiger partial charge is 0.222 e. The summed E-state index contributed by atoms with van der Waals surface area (Å²) in [5.74, 6) is 0.133. The Balaban J connectivity index is 2.39. The molecule has 1 aliphatic heterocycles. The number of methoxy groups -OCH3 is 1. The lowest BCUT2D eigenvalue weighted by atomic mass is 10.1. The molecule has 0 saturated carbocycles. The molecule has 0 aromatic heterocycles. The van der Waals surface area contributed by atoms with Gasteiger partial charge in [-0.3, -0.25) is 4.79 Å². The molecule has 1 aliphatic rings. The van der Waals surface area contributed by atoms with Crippen molar-refractivity contribution in [1.82, 2.24) is 10.6 Å². The highest BCUT2D eigenvalue weighted by Crippen LogP contribution is 2.04. The average molecular weight is 186 g/mol. The fourth-order valence-corrected chi connectivity index (χ4v) is 1.40. The molecule has 0 radical (unpaired) electrons. The van der Waals surface area contributed by atoms with Gasteiger partial charge in [0.15, 0.2) is 0 Å².